The Hall–Kier alpha value is -3.58. The zero-order valence-electron chi connectivity index (χ0n) is 15.5. The molecule has 1 saturated heterocycles. The number of urea groups is 1. The van der Waals surface area contributed by atoms with E-state index in [0.29, 0.717) is 22.1 Å². The third-order valence-electron chi connectivity index (χ3n) is 4.67. The number of methoxy groups -OCH3 is 1. The smallest absolute Gasteiger partial charge is 0.323 e. The molecule has 1 aromatic carbocycles. The molecular formula is C20H15F2N3O4S. The number of thiophene rings is 1. The number of halogens is 2. The summed E-state index contributed by atoms with van der Waals surface area (Å²) >= 11 is 0.856. The molecule has 1 atom stereocenters. The van der Waals surface area contributed by atoms with E-state index in [4.69, 9.17) is 4.74 Å². The summed E-state index contributed by atoms with van der Waals surface area (Å²) in [7, 11) is 1.50. The van der Waals surface area contributed by atoms with Crippen molar-refractivity contribution in [1.82, 2.24) is 15.2 Å². The minimum Gasteiger partial charge on any atom is -0.497 e. The highest BCUT2D eigenvalue weighted by molar-refractivity contribution is 7.10. The first-order valence-corrected chi connectivity index (χ1v) is 9.58. The monoisotopic (exact) mass is 431 g/mol. The predicted molar refractivity (Wildman–Crippen MR) is 106 cm³/mol. The Labute approximate surface area is 173 Å². The van der Waals surface area contributed by atoms with E-state index in [2.05, 4.69) is 22.5 Å². The van der Waals surface area contributed by atoms with E-state index in [0.717, 1.165) is 11.3 Å². The first-order valence-electron chi connectivity index (χ1n) is 8.70. The zero-order chi connectivity index (χ0) is 21.5. The molecular weight excluding hydrogens is 416 g/mol. The number of nitrogens with one attached hydrogen (secondary N) is 2. The normalized spacial score (nSPS) is 18.3. The van der Waals surface area contributed by atoms with Gasteiger partial charge in [0.05, 0.1) is 18.5 Å². The van der Waals surface area contributed by atoms with Crippen molar-refractivity contribution in [2.24, 2.45) is 0 Å². The molecule has 3 heterocycles. The number of rotatable bonds is 4. The Morgan fingerprint density at radius 2 is 2.13 bits per heavy atom. The van der Waals surface area contributed by atoms with E-state index >= 15 is 0 Å². The van der Waals surface area contributed by atoms with Gasteiger partial charge < -0.3 is 19.7 Å². The van der Waals surface area contributed by atoms with Crippen molar-refractivity contribution in [3.8, 4) is 23.5 Å². The van der Waals surface area contributed by atoms with Crippen molar-refractivity contribution in [2.45, 2.75) is 18.5 Å². The topological polar surface area (TPSA) is 92.6 Å². The van der Waals surface area contributed by atoms with Crippen LogP contribution in [-0.4, -0.2) is 34.3 Å². The van der Waals surface area contributed by atoms with Crippen LogP contribution in [0.5, 0.6) is 11.6 Å². The average molecular weight is 431 g/mol. The van der Waals surface area contributed by atoms with E-state index in [9.17, 15) is 23.5 Å². The molecule has 0 saturated carbocycles. The second-order valence-corrected chi connectivity index (χ2v) is 7.58. The molecule has 1 aliphatic rings. The van der Waals surface area contributed by atoms with Gasteiger partial charge in [-0.15, -0.1) is 11.3 Å². The van der Waals surface area contributed by atoms with Gasteiger partial charge in [-0.25, -0.2) is 13.6 Å². The van der Waals surface area contributed by atoms with Gasteiger partial charge in [0.1, 0.15) is 5.75 Å². The number of benzene rings is 1. The predicted octanol–water partition coefficient (Wildman–Crippen LogP) is 2.98. The summed E-state index contributed by atoms with van der Waals surface area (Å²) in [6, 6.07) is 5.62. The first-order chi connectivity index (χ1) is 14.3. The lowest BCUT2D eigenvalue weighted by Gasteiger charge is -2.20. The summed E-state index contributed by atoms with van der Waals surface area (Å²) in [6.45, 7) is -0.188. The Morgan fingerprint density at radius 3 is 2.77 bits per heavy atom. The number of hydrogen-bond acceptors (Lipinski definition) is 5. The third-order valence-corrected chi connectivity index (χ3v) is 5.61. The molecule has 0 spiro atoms. The molecule has 10 heteroatoms. The molecule has 154 valence electrons. The number of carbonyl (C=O) groups is 2. The van der Waals surface area contributed by atoms with E-state index in [-0.39, 0.29) is 17.3 Å². The Morgan fingerprint density at radius 1 is 1.33 bits per heavy atom. The van der Waals surface area contributed by atoms with Crippen LogP contribution in [0.25, 0.3) is 10.8 Å². The lowest BCUT2D eigenvalue weighted by Crippen LogP contribution is -2.49. The van der Waals surface area contributed by atoms with Crippen molar-refractivity contribution in [1.29, 1.82) is 0 Å². The lowest BCUT2D eigenvalue weighted by atomic mass is 10.00. The van der Waals surface area contributed by atoms with Gasteiger partial charge in [-0.3, -0.25) is 10.1 Å². The first kappa shape index (κ1) is 19.7. The summed E-state index contributed by atoms with van der Waals surface area (Å²) in [6.07, 6.45) is -1.000. The highest BCUT2D eigenvalue weighted by atomic mass is 32.1. The molecule has 3 N–H and O–H groups in total. The van der Waals surface area contributed by atoms with Crippen molar-refractivity contribution in [3.05, 3.63) is 46.3 Å². The summed E-state index contributed by atoms with van der Waals surface area (Å²) in [4.78, 5) is 24.2. The van der Waals surface area contributed by atoms with Crippen LogP contribution in [0.1, 0.15) is 16.9 Å². The van der Waals surface area contributed by atoms with Crippen LogP contribution < -0.4 is 15.4 Å². The van der Waals surface area contributed by atoms with Gasteiger partial charge in [-0.2, -0.15) is 0 Å². The Balaban J connectivity index is 1.73. The Bertz CT molecular complexity index is 1220. The number of nitrogens with zero attached hydrogens (tertiary/aromatic N) is 1. The van der Waals surface area contributed by atoms with Crippen LogP contribution in [0.4, 0.5) is 13.6 Å². The average Bonchev–Trinajstić information content (AvgIpc) is 3.38. The number of ether oxygens (including phenoxy) is 1. The molecule has 0 radical (unpaired) electrons. The molecule has 2 aromatic heterocycles. The van der Waals surface area contributed by atoms with Crippen LogP contribution >= 0.6 is 11.3 Å². The minimum absolute atomic E-state index is 0.130. The van der Waals surface area contributed by atoms with Gasteiger partial charge >= 0.3 is 6.03 Å². The molecule has 0 bridgehead atoms. The lowest BCUT2D eigenvalue weighted by molar-refractivity contribution is -0.122. The highest BCUT2D eigenvalue weighted by Crippen LogP contribution is 2.32. The fourth-order valence-corrected chi connectivity index (χ4v) is 3.86. The number of amides is 3. The number of carbonyl (C=O) groups excluding carboxylic acids is 2. The number of aromatic nitrogens is 1. The van der Waals surface area contributed by atoms with Crippen LogP contribution in [0.3, 0.4) is 0 Å². The number of hydrogen-bond donors (Lipinski definition) is 3. The molecule has 4 rings (SSSR count). The zero-order valence-corrected chi connectivity index (χ0v) is 16.3. The Kier molecular flexibility index (Phi) is 4.83. The molecule has 0 aliphatic carbocycles. The van der Waals surface area contributed by atoms with Crippen molar-refractivity contribution >= 4 is 34.0 Å². The fraction of sp³-hybridized carbons (Fsp3) is 0.200. The van der Waals surface area contributed by atoms with Gasteiger partial charge in [0.15, 0.2) is 5.88 Å². The summed E-state index contributed by atoms with van der Waals surface area (Å²) in [5.74, 6) is 5.10. The van der Waals surface area contributed by atoms with Gasteiger partial charge in [0, 0.05) is 27.9 Å². The van der Waals surface area contributed by atoms with E-state index < -0.39 is 23.9 Å². The van der Waals surface area contributed by atoms with Gasteiger partial charge in [-0.05, 0) is 24.3 Å². The maximum atomic E-state index is 12.8. The van der Waals surface area contributed by atoms with E-state index in [1.54, 1.807) is 24.4 Å². The molecule has 1 aliphatic heterocycles. The van der Waals surface area contributed by atoms with Crippen LogP contribution in [0.2, 0.25) is 0 Å². The van der Waals surface area contributed by atoms with Crippen molar-refractivity contribution < 1.29 is 28.2 Å². The standard InChI is InChI=1S/C20H15F2N3O4S/c1-29-13-3-2-12-8-25(17(26)14(12)7-13)10-20(18(27)23-19(28)24-20)5-4-11-6-15(16(21)22)30-9-11/h2-3,6-9,16,26H,10H2,1H3,(H2,23,24,27,28)/t20-/m1/s1. The highest BCUT2D eigenvalue weighted by Gasteiger charge is 2.46. The number of aromatic hydroxyl groups is 1. The largest absolute Gasteiger partial charge is 0.497 e. The van der Waals surface area contributed by atoms with E-state index in [1.807, 2.05) is 0 Å². The van der Waals surface area contributed by atoms with E-state index in [1.165, 1.54) is 23.1 Å². The molecule has 30 heavy (non-hydrogen) atoms. The molecule has 3 aromatic rings. The maximum Gasteiger partial charge on any atom is 0.323 e. The van der Waals surface area contributed by atoms with Crippen LogP contribution in [0, 0.1) is 11.8 Å². The number of imide groups is 1. The molecule has 1 fully saturated rings. The van der Waals surface area contributed by atoms with Crippen LogP contribution in [-0.2, 0) is 11.3 Å². The summed E-state index contributed by atoms with van der Waals surface area (Å²) < 4.78 is 32.1. The molecule has 3 amide bonds. The van der Waals surface area contributed by atoms with Gasteiger partial charge in [-0.1, -0.05) is 11.8 Å². The third kappa shape index (κ3) is 3.44. The van der Waals surface area contributed by atoms with Crippen molar-refractivity contribution in [3.63, 3.8) is 0 Å². The quantitative estimate of drug-likeness (QED) is 0.438. The number of alkyl halides is 2. The maximum absolute atomic E-state index is 12.8. The number of fused-ring (bicyclic) bond motifs is 1. The fourth-order valence-electron chi connectivity index (χ4n) is 3.17. The SMILES string of the molecule is COc1ccc2cn(C[C@@]3(C#Cc4csc(C(F)F)c4)NC(=O)NC3=O)c(O)c2c1. The minimum atomic E-state index is -2.62. The second-order valence-electron chi connectivity index (χ2n) is 6.64. The van der Waals surface area contributed by atoms with Crippen molar-refractivity contribution in [2.75, 3.05) is 7.11 Å². The van der Waals surface area contributed by atoms with Crippen LogP contribution in [0.15, 0.2) is 35.8 Å². The molecule has 7 nitrogen and oxygen atoms in total. The molecule has 0 unspecified atom stereocenters. The van der Waals surface area contributed by atoms with Gasteiger partial charge in [0.2, 0.25) is 5.54 Å². The summed E-state index contributed by atoms with van der Waals surface area (Å²) in [5, 5.41) is 17.9. The summed E-state index contributed by atoms with van der Waals surface area (Å²) in [5.41, 5.74) is -1.38. The second kappa shape index (κ2) is 7.35. The van der Waals surface area contributed by atoms with Gasteiger partial charge in [0.25, 0.3) is 12.3 Å².